The highest BCUT2D eigenvalue weighted by Crippen LogP contribution is 2.28. The lowest BCUT2D eigenvalue weighted by molar-refractivity contribution is 0.638. The summed E-state index contributed by atoms with van der Waals surface area (Å²) in [6.45, 7) is 1.79. The summed E-state index contributed by atoms with van der Waals surface area (Å²) >= 11 is 11.6. The van der Waals surface area contributed by atoms with Crippen molar-refractivity contribution in [1.82, 2.24) is 4.98 Å². The molecule has 14 heavy (non-hydrogen) atoms. The number of halogens is 3. The van der Waals surface area contributed by atoms with E-state index in [9.17, 15) is 4.39 Å². The molecule has 1 aromatic carbocycles. The standard InChI is InChI=1S/C10H6Cl2FN/c1-5-2-7(13)10-6(11)4-9(12)14-8(10)3-5/h2-4H,1H3. The highest BCUT2D eigenvalue weighted by atomic mass is 35.5. The molecule has 0 atom stereocenters. The van der Waals surface area contributed by atoms with E-state index in [0.717, 1.165) is 5.56 Å². The Balaban J connectivity index is 2.94. The fraction of sp³-hybridized carbons (Fsp3) is 0.100. The van der Waals surface area contributed by atoms with Crippen molar-refractivity contribution in [1.29, 1.82) is 0 Å². The molecule has 0 spiro atoms. The Labute approximate surface area is 90.5 Å². The smallest absolute Gasteiger partial charge is 0.134 e. The van der Waals surface area contributed by atoms with E-state index < -0.39 is 0 Å². The third-order valence-electron chi connectivity index (χ3n) is 1.93. The molecule has 1 heterocycles. The van der Waals surface area contributed by atoms with Crippen molar-refractivity contribution in [3.05, 3.63) is 39.8 Å². The molecule has 2 rings (SSSR count). The second kappa shape index (κ2) is 3.37. The maximum Gasteiger partial charge on any atom is 0.134 e. The number of rotatable bonds is 0. The van der Waals surface area contributed by atoms with Gasteiger partial charge < -0.3 is 0 Å². The van der Waals surface area contributed by atoms with Crippen LogP contribution in [0.15, 0.2) is 18.2 Å². The van der Waals surface area contributed by atoms with Gasteiger partial charge in [-0.15, -0.1) is 0 Å². The lowest BCUT2D eigenvalue weighted by Crippen LogP contribution is -1.87. The van der Waals surface area contributed by atoms with Crippen LogP contribution in [0.1, 0.15) is 5.56 Å². The summed E-state index contributed by atoms with van der Waals surface area (Å²) in [7, 11) is 0. The molecule has 72 valence electrons. The molecule has 0 fully saturated rings. The van der Waals surface area contributed by atoms with E-state index in [-0.39, 0.29) is 16.0 Å². The molecular weight excluding hydrogens is 224 g/mol. The zero-order valence-electron chi connectivity index (χ0n) is 7.31. The molecule has 4 heteroatoms. The number of hydrogen-bond acceptors (Lipinski definition) is 1. The van der Waals surface area contributed by atoms with Gasteiger partial charge in [0.25, 0.3) is 0 Å². The van der Waals surface area contributed by atoms with Gasteiger partial charge in [-0.25, -0.2) is 9.37 Å². The Bertz CT molecular complexity index is 468. The van der Waals surface area contributed by atoms with E-state index in [1.54, 1.807) is 13.0 Å². The van der Waals surface area contributed by atoms with Gasteiger partial charge in [0.2, 0.25) is 0 Å². The van der Waals surface area contributed by atoms with E-state index in [2.05, 4.69) is 4.98 Å². The minimum absolute atomic E-state index is 0.271. The number of nitrogens with zero attached hydrogens (tertiary/aromatic N) is 1. The van der Waals surface area contributed by atoms with Crippen molar-refractivity contribution in [2.24, 2.45) is 0 Å². The molecule has 0 aliphatic heterocycles. The molecule has 0 saturated heterocycles. The molecule has 0 unspecified atom stereocenters. The average molecular weight is 230 g/mol. The van der Waals surface area contributed by atoms with Crippen LogP contribution in [0, 0.1) is 12.7 Å². The highest BCUT2D eigenvalue weighted by molar-refractivity contribution is 6.37. The molecule has 0 N–H and O–H groups in total. The molecule has 0 radical (unpaired) electrons. The number of fused-ring (bicyclic) bond motifs is 1. The third-order valence-corrected chi connectivity index (χ3v) is 2.42. The first-order valence-corrected chi connectivity index (χ1v) is 4.75. The second-order valence-corrected chi connectivity index (χ2v) is 3.86. The number of aryl methyl sites for hydroxylation is 1. The topological polar surface area (TPSA) is 12.9 Å². The first-order valence-electron chi connectivity index (χ1n) is 4.00. The Morgan fingerprint density at radius 2 is 1.93 bits per heavy atom. The Kier molecular flexibility index (Phi) is 2.33. The molecule has 1 nitrogen and oxygen atoms in total. The van der Waals surface area contributed by atoms with Gasteiger partial charge in [-0.1, -0.05) is 23.2 Å². The Morgan fingerprint density at radius 1 is 1.21 bits per heavy atom. The molecule has 0 saturated carbocycles. The van der Waals surface area contributed by atoms with Gasteiger partial charge in [0, 0.05) is 0 Å². The summed E-state index contributed by atoms with van der Waals surface area (Å²) in [5, 5.41) is 0.881. The Hall–Kier alpha value is -0.860. The predicted molar refractivity (Wildman–Crippen MR) is 56.5 cm³/mol. The lowest BCUT2D eigenvalue weighted by Gasteiger charge is -2.03. The molecule has 0 bridgehead atoms. The molecule has 0 aliphatic rings. The van der Waals surface area contributed by atoms with E-state index in [4.69, 9.17) is 23.2 Å². The van der Waals surface area contributed by atoms with Gasteiger partial charge in [0.1, 0.15) is 11.0 Å². The molecule has 0 amide bonds. The molecule has 2 aromatic rings. The van der Waals surface area contributed by atoms with Crippen molar-refractivity contribution in [2.45, 2.75) is 6.92 Å². The maximum atomic E-state index is 13.5. The third kappa shape index (κ3) is 1.56. The summed E-state index contributed by atoms with van der Waals surface area (Å²) in [6, 6.07) is 4.60. The zero-order chi connectivity index (χ0) is 10.3. The van der Waals surface area contributed by atoms with Gasteiger partial charge in [-0.3, -0.25) is 0 Å². The van der Waals surface area contributed by atoms with Crippen LogP contribution in [0.4, 0.5) is 4.39 Å². The monoisotopic (exact) mass is 229 g/mol. The quantitative estimate of drug-likeness (QED) is 0.623. The molecular formula is C10H6Cl2FN. The van der Waals surface area contributed by atoms with Crippen LogP contribution in [0.25, 0.3) is 10.9 Å². The highest BCUT2D eigenvalue weighted by Gasteiger charge is 2.08. The van der Waals surface area contributed by atoms with Crippen molar-refractivity contribution in [2.75, 3.05) is 0 Å². The lowest BCUT2D eigenvalue weighted by atomic mass is 10.1. The number of hydrogen-bond donors (Lipinski definition) is 0. The first-order chi connectivity index (χ1) is 6.58. The minimum Gasteiger partial charge on any atom is -0.236 e. The summed E-state index contributed by atoms with van der Waals surface area (Å²) in [5.74, 6) is -0.367. The van der Waals surface area contributed by atoms with E-state index in [1.807, 2.05) is 0 Å². The van der Waals surface area contributed by atoms with Gasteiger partial charge >= 0.3 is 0 Å². The number of aromatic nitrogens is 1. The fourth-order valence-corrected chi connectivity index (χ4v) is 1.92. The number of pyridine rings is 1. The van der Waals surface area contributed by atoms with Crippen molar-refractivity contribution in [3.63, 3.8) is 0 Å². The van der Waals surface area contributed by atoms with E-state index in [1.165, 1.54) is 12.1 Å². The van der Waals surface area contributed by atoms with Crippen LogP contribution in [-0.2, 0) is 0 Å². The summed E-state index contributed by atoms with van der Waals surface area (Å²) in [5.41, 5.74) is 1.28. The van der Waals surface area contributed by atoms with Crippen molar-refractivity contribution in [3.8, 4) is 0 Å². The van der Waals surface area contributed by atoms with Crippen molar-refractivity contribution >= 4 is 34.1 Å². The fourth-order valence-electron chi connectivity index (χ4n) is 1.37. The van der Waals surface area contributed by atoms with Crippen LogP contribution >= 0.6 is 23.2 Å². The zero-order valence-corrected chi connectivity index (χ0v) is 8.83. The molecule has 1 aromatic heterocycles. The van der Waals surface area contributed by atoms with Crippen LogP contribution in [0.2, 0.25) is 10.2 Å². The normalized spacial score (nSPS) is 10.9. The van der Waals surface area contributed by atoms with Gasteiger partial charge in [0.05, 0.1) is 15.9 Å². The average Bonchev–Trinajstić information content (AvgIpc) is 1.99. The van der Waals surface area contributed by atoms with E-state index >= 15 is 0 Å². The van der Waals surface area contributed by atoms with Crippen LogP contribution in [-0.4, -0.2) is 4.98 Å². The minimum atomic E-state index is -0.367. The summed E-state index contributed by atoms with van der Waals surface area (Å²) in [6.07, 6.45) is 0. The maximum absolute atomic E-state index is 13.5. The van der Waals surface area contributed by atoms with Gasteiger partial charge in [0.15, 0.2) is 0 Å². The Morgan fingerprint density at radius 3 is 2.64 bits per heavy atom. The van der Waals surface area contributed by atoms with Crippen molar-refractivity contribution < 1.29 is 4.39 Å². The SMILES string of the molecule is Cc1cc(F)c2c(Cl)cc(Cl)nc2c1. The first kappa shape index (κ1) is 9.69. The van der Waals surface area contributed by atoms with Gasteiger partial charge in [-0.2, -0.15) is 0 Å². The second-order valence-electron chi connectivity index (χ2n) is 3.07. The van der Waals surface area contributed by atoms with Crippen LogP contribution in [0.5, 0.6) is 0 Å². The summed E-state index contributed by atoms with van der Waals surface area (Å²) in [4.78, 5) is 4.00. The molecule has 0 aliphatic carbocycles. The summed E-state index contributed by atoms with van der Waals surface area (Å²) < 4.78 is 13.5. The van der Waals surface area contributed by atoms with Gasteiger partial charge in [-0.05, 0) is 30.7 Å². The largest absolute Gasteiger partial charge is 0.236 e. The van der Waals surface area contributed by atoms with E-state index in [0.29, 0.717) is 10.9 Å². The number of benzene rings is 1. The van der Waals surface area contributed by atoms with Crippen LogP contribution < -0.4 is 0 Å². The predicted octanol–water partition coefficient (Wildman–Crippen LogP) is 3.99. The van der Waals surface area contributed by atoms with Crippen LogP contribution in [0.3, 0.4) is 0 Å².